The van der Waals surface area contributed by atoms with Crippen LogP contribution in [0.5, 0.6) is 0 Å². The van der Waals surface area contributed by atoms with Gasteiger partial charge < -0.3 is 10.2 Å². The van der Waals surface area contributed by atoms with Crippen molar-refractivity contribution in [3.05, 3.63) is 11.1 Å². The van der Waals surface area contributed by atoms with Crippen molar-refractivity contribution in [1.29, 1.82) is 0 Å². The van der Waals surface area contributed by atoms with Crippen LogP contribution >= 0.6 is 22.9 Å². The zero-order valence-corrected chi connectivity index (χ0v) is 13.3. The summed E-state index contributed by atoms with van der Waals surface area (Å²) >= 11 is 7.01. The second-order valence-corrected chi connectivity index (χ2v) is 6.97. The van der Waals surface area contributed by atoms with Crippen molar-refractivity contribution in [3.8, 4) is 0 Å². The summed E-state index contributed by atoms with van der Waals surface area (Å²) in [4.78, 5) is 30.1. The smallest absolute Gasteiger partial charge is 0.231 e. The van der Waals surface area contributed by atoms with E-state index in [0.29, 0.717) is 17.6 Å². The first-order valence-electron chi connectivity index (χ1n) is 6.43. The number of rotatable bonds is 3. The number of alkyl halides is 1. The van der Waals surface area contributed by atoms with Crippen LogP contribution in [0.4, 0.5) is 5.13 Å². The lowest BCUT2D eigenvalue weighted by molar-refractivity contribution is -0.131. The van der Waals surface area contributed by atoms with Gasteiger partial charge in [0.1, 0.15) is 0 Å². The van der Waals surface area contributed by atoms with Crippen molar-refractivity contribution in [3.63, 3.8) is 0 Å². The molecule has 1 saturated heterocycles. The fourth-order valence-electron chi connectivity index (χ4n) is 2.16. The van der Waals surface area contributed by atoms with Crippen LogP contribution in [-0.4, -0.2) is 33.8 Å². The minimum Gasteiger partial charge on any atom is -0.337 e. The van der Waals surface area contributed by atoms with Gasteiger partial charge in [0.05, 0.1) is 17.5 Å². The van der Waals surface area contributed by atoms with Crippen LogP contribution in [0.25, 0.3) is 0 Å². The van der Waals surface area contributed by atoms with E-state index in [1.807, 2.05) is 26.2 Å². The van der Waals surface area contributed by atoms with Crippen LogP contribution in [0.2, 0.25) is 0 Å². The van der Waals surface area contributed by atoms with E-state index in [1.165, 1.54) is 11.3 Å². The lowest BCUT2D eigenvalue weighted by Crippen LogP contribution is -2.42. The number of nitrogens with one attached hydrogen (secondary N) is 1. The van der Waals surface area contributed by atoms with Gasteiger partial charge in [0, 0.05) is 23.9 Å². The Balaban J connectivity index is 1.99. The van der Waals surface area contributed by atoms with E-state index >= 15 is 0 Å². The quantitative estimate of drug-likeness (QED) is 0.872. The molecule has 0 saturated carbocycles. The second kappa shape index (κ2) is 5.69. The van der Waals surface area contributed by atoms with Crippen LogP contribution in [0.3, 0.4) is 0 Å². The maximum atomic E-state index is 12.2. The molecule has 2 heterocycles. The topological polar surface area (TPSA) is 62.3 Å². The molecular formula is C13H18ClN3O2S. The summed E-state index contributed by atoms with van der Waals surface area (Å²) in [6, 6.07) is 0. The maximum absolute atomic E-state index is 12.2. The van der Waals surface area contributed by atoms with Gasteiger partial charge in [-0.05, 0) is 20.8 Å². The Hall–Kier alpha value is -1.14. The Bertz CT molecular complexity index is 524. The molecule has 1 fully saturated rings. The summed E-state index contributed by atoms with van der Waals surface area (Å²) < 4.78 is 0. The Labute approximate surface area is 127 Å². The van der Waals surface area contributed by atoms with Crippen molar-refractivity contribution in [1.82, 2.24) is 9.88 Å². The third-order valence-electron chi connectivity index (χ3n) is 3.22. The van der Waals surface area contributed by atoms with Gasteiger partial charge in [-0.2, -0.15) is 0 Å². The van der Waals surface area contributed by atoms with Crippen LogP contribution in [0.15, 0.2) is 5.38 Å². The summed E-state index contributed by atoms with van der Waals surface area (Å²) in [7, 11) is 0. The molecular weight excluding hydrogens is 298 g/mol. The SMILES string of the molecule is CC(C)(C)N1CC(C(=O)Nc2nc(CCl)cs2)CC1=O. The van der Waals surface area contributed by atoms with E-state index in [1.54, 1.807) is 4.90 Å². The van der Waals surface area contributed by atoms with Crippen LogP contribution < -0.4 is 5.32 Å². The van der Waals surface area contributed by atoms with Crippen LogP contribution in [0.1, 0.15) is 32.9 Å². The highest BCUT2D eigenvalue weighted by Crippen LogP contribution is 2.27. The van der Waals surface area contributed by atoms with E-state index in [2.05, 4.69) is 10.3 Å². The number of likely N-dealkylation sites (tertiary alicyclic amines) is 1. The highest BCUT2D eigenvalue weighted by Gasteiger charge is 2.39. The third kappa shape index (κ3) is 3.30. The van der Waals surface area contributed by atoms with Crippen molar-refractivity contribution in [2.45, 2.75) is 38.6 Å². The van der Waals surface area contributed by atoms with Crippen molar-refractivity contribution < 1.29 is 9.59 Å². The number of anilines is 1. The minimum absolute atomic E-state index is 0.0261. The third-order valence-corrected chi connectivity index (χ3v) is 4.30. The van der Waals surface area contributed by atoms with E-state index < -0.39 is 0 Å². The number of carbonyl (C=O) groups is 2. The summed E-state index contributed by atoms with van der Waals surface area (Å²) in [6.45, 7) is 6.37. The highest BCUT2D eigenvalue weighted by atomic mass is 35.5. The molecule has 0 aliphatic carbocycles. The van der Waals surface area contributed by atoms with Crippen LogP contribution in [-0.2, 0) is 15.5 Å². The zero-order valence-electron chi connectivity index (χ0n) is 11.8. The first kappa shape index (κ1) is 15.3. The van der Waals surface area contributed by atoms with E-state index in [9.17, 15) is 9.59 Å². The fraction of sp³-hybridized carbons (Fsp3) is 0.615. The average molecular weight is 316 g/mol. The zero-order chi connectivity index (χ0) is 14.9. The summed E-state index contributed by atoms with van der Waals surface area (Å²) in [5.74, 6) is -0.115. The van der Waals surface area contributed by atoms with Crippen molar-refractivity contribution in [2.24, 2.45) is 5.92 Å². The van der Waals surface area contributed by atoms with Gasteiger partial charge in [-0.3, -0.25) is 9.59 Å². The van der Waals surface area contributed by atoms with Gasteiger partial charge in [-0.15, -0.1) is 22.9 Å². The lowest BCUT2D eigenvalue weighted by atomic mass is 10.1. The molecule has 1 aliphatic heterocycles. The van der Waals surface area contributed by atoms with Crippen molar-refractivity contribution >= 4 is 39.9 Å². The number of thiazole rings is 1. The molecule has 0 radical (unpaired) electrons. The Morgan fingerprint density at radius 2 is 2.30 bits per heavy atom. The monoisotopic (exact) mass is 315 g/mol. The molecule has 1 N–H and O–H groups in total. The van der Waals surface area contributed by atoms with Crippen molar-refractivity contribution in [2.75, 3.05) is 11.9 Å². The fourth-order valence-corrected chi connectivity index (χ4v) is 3.11. The van der Waals surface area contributed by atoms with Gasteiger partial charge >= 0.3 is 0 Å². The number of halogens is 1. The predicted molar refractivity (Wildman–Crippen MR) is 79.9 cm³/mol. The van der Waals surface area contributed by atoms with E-state index in [4.69, 9.17) is 11.6 Å². The van der Waals surface area contributed by atoms with E-state index in [-0.39, 0.29) is 29.7 Å². The number of amides is 2. The Kier molecular flexibility index (Phi) is 4.34. The molecule has 5 nitrogen and oxygen atoms in total. The molecule has 7 heteroatoms. The first-order valence-corrected chi connectivity index (χ1v) is 7.84. The Morgan fingerprint density at radius 3 is 2.80 bits per heavy atom. The molecule has 2 rings (SSSR count). The lowest BCUT2D eigenvalue weighted by Gasteiger charge is -2.31. The predicted octanol–water partition coefficient (Wildman–Crippen LogP) is 2.47. The van der Waals surface area contributed by atoms with E-state index in [0.717, 1.165) is 5.69 Å². The van der Waals surface area contributed by atoms with Gasteiger partial charge in [0.25, 0.3) is 0 Å². The second-order valence-electron chi connectivity index (χ2n) is 5.84. The molecule has 110 valence electrons. The molecule has 1 atom stereocenters. The van der Waals surface area contributed by atoms with Crippen LogP contribution in [0, 0.1) is 5.92 Å². The van der Waals surface area contributed by atoms with Gasteiger partial charge in [-0.25, -0.2) is 4.98 Å². The van der Waals surface area contributed by atoms with Gasteiger partial charge in [-0.1, -0.05) is 0 Å². The number of carbonyl (C=O) groups excluding carboxylic acids is 2. The Morgan fingerprint density at radius 1 is 1.60 bits per heavy atom. The summed E-state index contributed by atoms with van der Waals surface area (Å²) in [6.07, 6.45) is 0.261. The number of nitrogens with zero attached hydrogens (tertiary/aromatic N) is 2. The molecule has 1 aromatic heterocycles. The summed E-state index contributed by atoms with van der Waals surface area (Å²) in [5, 5.41) is 5.11. The molecule has 0 aromatic carbocycles. The molecule has 1 aliphatic rings. The maximum Gasteiger partial charge on any atom is 0.231 e. The first-order chi connectivity index (χ1) is 9.31. The molecule has 0 bridgehead atoms. The standard InChI is InChI=1S/C13H18ClN3O2S/c1-13(2,3)17-6-8(4-10(17)18)11(19)16-12-15-9(5-14)7-20-12/h7-8H,4-6H2,1-3H3,(H,15,16,19). The largest absolute Gasteiger partial charge is 0.337 e. The summed E-state index contributed by atoms with van der Waals surface area (Å²) in [5.41, 5.74) is 0.491. The molecule has 1 aromatic rings. The molecule has 0 spiro atoms. The number of hydrogen-bond donors (Lipinski definition) is 1. The van der Waals surface area contributed by atoms with Gasteiger partial charge in [0.2, 0.25) is 11.8 Å². The molecule has 2 amide bonds. The molecule has 1 unspecified atom stereocenters. The van der Waals surface area contributed by atoms with Gasteiger partial charge in [0.15, 0.2) is 5.13 Å². The molecule has 20 heavy (non-hydrogen) atoms. The average Bonchev–Trinajstić information content (AvgIpc) is 2.94. The minimum atomic E-state index is -0.315. The normalized spacial score (nSPS) is 19.5. The number of hydrogen-bond acceptors (Lipinski definition) is 4. The number of aromatic nitrogens is 1. The highest BCUT2D eigenvalue weighted by molar-refractivity contribution is 7.14.